The highest BCUT2D eigenvalue weighted by Crippen LogP contribution is 2.38. The third-order valence-corrected chi connectivity index (χ3v) is 7.17. The number of anilines is 1. The number of methoxy groups -OCH3 is 2. The summed E-state index contributed by atoms with van der Waals surface area (Å²) in [7, 11) is -1.36. The Morgan fingerprint density at radius 1 is 1.08 bits per heavy atom. The molecule has 0 fully saturated rings. The Kier molecular flexibility index (Phi) is 6.95. The number of sulfonamides is 1. The summed E-state index contributed by atoms with van der Waals surface area (Å²) in [6.07, 6.45) is -0.652. The van der Waals surface area contributed by atoms with Crippen molar-refractivity contribution in [2.45, 2.75) is 25.2 Å². The Balaban J connectivity index is 1.81. The van der Waals surface area contributed by atoms with E-state index < -0.39 is 27.2 Å². The minimum atomic E-state index is -4.27. The van der Waals surface area contributed by atoms with Crippen LogP contribution in [0.3, 0.4) is 0 Å². The molecule has 3 heterocycles. The lowest BCUT2D eigenvalue weighted by Gasteiger charge is -2.21. The molecular weight excluding hydrogens is 493 g/mol. The van der Waals surface area contributed by atoms with Crippen LogP contribution in [0.2, 0.25) is 0 Å². The average Bonchev–Trinajstić information content (AvgIpc) is 3.48. The van der Waals surface area contributed by atoms with Gasteiger partial charge >= 0.3 is 0 Å². The lowest BCUT2D eigenvalue weighted by Crippen LogP contribution is -2.32. The van der Waals surface area contributed by atoms with Gasteiger partial charge in [0.15, 0.2) is 5.76 Å². The number of aliphatic hydroxyl groups is 1. The molecule has 0 bridgehead atoms. The number of nitrogens with zero attached hydrogens (tertiary/aromatic N) is 4. The van der Waals surface area contributed by atoms with Crippen LogP contribution >= 0.6 is 0 Å². The van der Waals surface area contributed by atoms with E-state index in [1.54, 1.807) is 37.3 Å². The van der Waals surface area contributed by atoms with Crippen molar-refractivity contribution in [1.82, 2.24) is 19.7 Å². The van der Waals surface area contributed by atoms with Crippen molar-refractivity contribution >= 4 is 16.0 Å². The molecule has 0 spiro atoms. The average molecular weight is 518 g/mol. The van der Waals surface area contributed by atoms with Gasteiger partial charge in [0.05, 0.1) is 26.1 Å². The first-order chi connectivity index (χ1) is 17.2. The third-order valence-electron chi connectivity index (χ3n) is 5.47. The number of para-hydroxylation sites is 1. The summed E-state index contributed by atoms with van der Waals surface area (Å²) in [6.45, 7) is 3.04. The van der Waals surface area contributed by atoms with Gasteiger partial charge in [0.2, 0.25) is 21.8 Å². The Hall–Kier alpha value is -3.97. The Morgan fingerprint density at radius 2 is 1.78 bits per heavy atom. The molecule has 13 heteroatoms. The lowest BCUT2D eigenvalue weighted by molar-refractivity contribution is 0.171. The van der Waals surface area contributed by atoms with Crippen molar-refractivity contribution in [2.24, 2.45) is 0 Å². The van der Waals surface area contributed by atoms with Crippen LogP contribution in [-0.4, -0.2) is 52.7 Å². The molecule has 0 aliphatic rings. The molecule has 4 aromatic rings. The number of aliphatic hydroxyl groups excluding tert-OH is 1. The monoisotopic (exact) mass is 517 g/mol. The van der Waals surface area contributed by atoms with Crippen LogP contribution in [0.25, 0.3) is 17.3 Å². The molecule has 0 aliphatic carbocycles. The SMILES string of the molecule is COc1cccc(OC)c1-n1c(NS(=O)(=O)[C@H](C)[C@@H](O)c2ccc(F)cn2)nnc1-c1ccc(C)o1. The number of pyridine rings is 1. The van der Waals surface area contributed by atoms with E-state index in [0.29, 0.717) is 28.7 Å². The smallest absolute Gasteiger partial charge is 0.243 e. The van der Waals surface area contributed by atoms with Gasteiger partial charge < -0.3 is 19.0 Å². The Morgan fingerprint density at radius 3 is 2.33 bits per heavy atom. The molecule has 0 unspecified atom stereocenters. The zero-order chi connectivity index (χ0) is 26.0. The fourth-order valence-electron chi connectivity index (χ4n) is 3.52. The van der Waals surface area contributed by atoms with E-state index in [2.05, 4.69) is 19.9 Å². The predicted octanol–water partition coefficient (Wildman–Crippen LogP) is 3.25. The van der Waals surface area contributed by atoms with Gasteiger partial charge in [0.1, 0.15) is 40.1 Å². The lowest BCUT2D eigenvalue weighted by atomic mass is 10.2. The number of rotatable bonds is 9. The molecular formula is C23H24FN5O6S. The topological polar surface area (TPSA) is 142 Å². The minimum Gasteiger partial charge on any atom is -0.494 e. The summed E-state index contributed by atoms with van der Waals surface area (Å²) in [6, 6.07) is 10.7. The van der Waals surface area contributed by atoms with Gasteiger partial charge in [-0.25, -0.2) is 12.8 Å². The molecule has 4 rings (SSSR count). The second kappa shape index (κ2) is 9.95. The van der Waals surface area contributed by atoms with Crippen molar-refractivity contribution in [1.29, 1.82) is 0 Å². The summed E-state index contributed by atoms with van der Waals surface area (Å²) in [5, 5.41) is 17.4. The van der Waals surface area contributed by atoms with Gasteiger partial charge in [0, 0.05) is 0 Å². The minimum absolute atomic E-state index is 0.00566. The molecule has 0 saturated heterocycles. The molecule has 0 amide bonds. The van der Waals surface area contributed by atoms with Gasteiger partial charge in [-0.3, -0.25) is 14.3 Å². The van der Waals surface area contributed by atoms with Crippen molar-refractivity contribution in [2.75, 3.05) is 18.9 Å². The largest absolute Gasteiger partial charge is 0.494 e. The molecule has 1 aromatic carbocycles. The molecule has 0 saturated carbocycles. The number of hydrogen-bond acceptors (Lipinski definition) is 9. The number of ether oxygens (including phenoxy) is 2. The number of furan rings is 1. The molecule has 3 aromatic heterocycles. The number of hydrogen-bond donors (Lipinski definition) is 2. The summed E-state index contributed by atoms with van der Waals surface area (Å²) in [5.74, 6) is 0.994. The third kappa shape index (κ3) is 4.75. The maximum Gasteiger partial charge on any atom is 0.243 e. The van der Waals surface area contributed by atoms with E-state index in [9.17, 15) is 17.9 Å². The number of nitrogens with one attached hydrogen (secondary N) is 1. The van der Waals surface area contributed by atoms with Crippen molar-refractivity contribution < 1.29 is 31.8 Å². The maximum absolute atomic E-state index is 13.3. The molecule has 36 heavy (non-hydrogen) atoms. The Bertz CT molecular complexity index is 1450. The van der Waals surface area contributed by atoms with Crippen LogP contribution in [0.4, 0.5) is 10.3 Å². The highest BCUT2D eigenvalue weighted by atomic mass is 32.2. The van der Waals surface area contributed by atoms with E-state index >= 15 is 0 Å². The van der Waals surface area contributed by atoms with Gasteiger partial charge in [-0.05, 0) is 50.2 Å². The van der Waals surface area contributed by atoms with E-state index in [1.165, 1.54) is 31.8 Å². The maximum atomic E-state index is 13.3. The van der Waals surface area contributed by atoms with Crippen LogP contribution in [0.1, 0.15) is 24.5 Å². The molecule has 190 valence electrons. The van der Waals surface area contributed by atoms with E-state index in [1.807, 2.05) is 0 Å². The van der Waals surface area contributed by atoms with Crippen LogP contribution in [-0.2, 0) is 10.0 Å². The standard InChI is InChI=1S/C23H24FN5O6S/c1-13-8-11-19(35-13)22-26-27-23(29(22)20-17(33-3)6-5-7-18(20)34-4)28-36(31,32)14(2)21(30)16-10-9-15(24)12-25-16/h5-12,14,21,30H,1-4H3,(H,27,28)/t14-,21-/m1/s1. The van der Waals surface area contributed by atoms with Gasteiger partial charge in [-0.1, -0.05) is 6.07 Å². The first kappa shape index (κ1) is 25.1. The van der Waals surface area contributed by atoms with Gasteiger partial charge in [-0.15, -0.1) is 10.2 Å². The summed E-state index contributed by atoms with van der Waals surface area (Å²) >= 11 is 0. The highest BCUT2D eigenvalue weighted by Gasteiger charge is 2.33. The van der Waals surface area contributed by atoms with Gasteiger partial charge in [0.25, 0.3) is 0 Å². The van der Waals surface area contributed by atoms with Gasteiger partial charge in [-0.2, -0.15) is 0 Å². The molecule has 2 atom stereocenters. The van der Waals surface area contributed by atoms with Crippen LogP contribution in [0.15, 0.2) is 53.1 Å². The fourth-order valence-corrected chi connectivity index (χ4v) is 4.57. The zero-order valence-corrected chi connectivity index (χ0v) is 20.7. The zero-order valence-electron chi connectivity index (χ0n) is 19.8. The summed E-state index contributed by atoms with van der Waals surface area (Å²) in [4.78, 5) is 3.78. The van der Waals surface area contributed by atoms with Crippen molar-refractivity contribution in [3.05, 3.63) is 65.9 Å². The molecule has 0 radical (unpaired) electrons. The first-order valence-electron chi connectivity index (χ1n) is 10.7. The summed E-state index contributed by atoms with van der Waals surface area (Å²) < 4.78 is 60.3. The highest BCUT2D eigenvalue weighted by molar-refractivity contribution is 7.93. The second-order valence-corrected chi connectivity index (χ2v) is 9.84. The second-order valence-electron chi connectivity index (χ2n) is 7.80. The van der Waals surface area contributed by atoms with E-state index in [4.69, 9.17) is 13.9 Å². The number of aromatic nitrogens is 4. The Labute approximate surface area is 206 Å². The van der Waals surface area contributed by atoms with Crippen molar-refractivity contribution in [3.63, 3.8) is 0 Å². The summed E-state index contributed by atoms with van der Waals surface area (Å²) in [5.41, 5.74) is 0.316. The first-order valence-corrected chi connectivity index (χ1v) is 12.3. The molecule has 0 aliphatic heterocycles. The van der Waals surface area contributed by atoms with Crippen LogP contribution in [0, 0.1) is 12.7 Å². The van der Waals surface area contributed by atoms with E-state index in [-0.39, 0.29) is 17.5 Å². The predicted molar refractivity (Wildman–Crippen MR) is 128 cm³/mol. The number of aryl methyl sites for hydroxylation is 1. The molecule has 11 nitrogen and oxygen atoms in total. The molecule has 2 N–H and O–H groups in total. The fraction of sp³-hybridized carbons (Fsp3) is 0.261. The number of halogens is 1. The van der Waals surface area contributed by atoms with Crippen LogP contribution in [0.5, 0.6) is 11.5 Å². The number of benzene rings is 1. The quantitative estimate of drug-likeness (QED) is 0.342. The van der Waals surface area contributed by atoms with E-state index in [0.717, 1.165) is 12.3 Å². The van der Waals surface area contributed by atoms with Crippen LogP contribution < -0.4 is 14.2 Å². The normalized spacial score (nSPS) is 13.3. The van der Waals surface area contributed by atoms with Crippen molar-refractivity contribution in [3.8, 4) is 28.8 Å².